The number of hydrogen-bond acceptors (Lipinski definition) is 7. The zero-order valence-electron chi connectivity index (χ0n) is 15.1. The van der Waals surface area contributed by atoms with E-state index < -0.39 is 0 Å². The summed E-state index contributed by atoms with van der Waals surface area (Å²) in [5.41, 5.74) is 3.21. The fourth-order valence-corrected chi connectivity index (χ4v) is 3.36. The topological polar surface area (TPSA) is 95.6 Å². The molecule has 0 aliphatic carbocycles. The monoisotopic (exact) mass is 360 g/mol. The Morgan fingerprint density at radius 1 is 1.19 bits per heavy atom. The minimum Gasteiger partial charge on any atom is -0.338 e. The molecule has 0 amide bonds. The zero-order chi connectivity index (χ0) is 18.6. The van der Waals surface area contributed by atoms with Gasteiger partial charge in [0.1, 0.15) is 17.6 Å². The first-order chi connectivity index (χ1) is 13.2. The molecule has 4 heterocycles. The predicted octanol–water partition coefficient (Wildman–Crippen LogP) is 2.56. The number of likely N-dealkylation sites (tertiary alicyclic amines) is 1. The van der Waals surface area contributed by atoms with E-state index in [0.717, 1.165) is 43.0 Å². The summed E-state index contributed by atoms with van der Waals surface area (Å²) in [7, 11) is 1.94. The molecule has 3 aromatic rings. The molecule has 0 saturated carbocycles. The van der Waals surface area contributed by atoms with E-state index in [0.29, 0.717) is 11.5 Å². The third kappa shape index (κ3) is 3.93. The van der Waals surface area contributed by atoms with E-state index in [1.165, 1.54) is 0 Å². The van der Waals surface area contributed by atoms with Gasteiger partial charge in [0.05, 0.1) is 41.7 Å². The van der Waals surface area contributed by atoms with Crippen molar-refractivity contribution in [1.29, 1.82) is 5.26 Å². The second kappa shape index (κ2) is 7.51. The fraction of sp³-hybridized carbons (Fsp3) is 0.316. The highest BCUT2D eigenvalue weighted by atomic mass is 15.3. The van der Waals surface area contributed by atoms with Crippen molar-refractivity contribution in [2.24, 2.45) is 7.05 Å². The van der Waals surface area contributed by atoms with Crippen LogP contribution >= 0.6 is 0 Å². The molecule has 0 bridgehead atoms. The molecule has 0 aromatic carbocycles. The van der Waals surface area contributed by atoms with Crippen molar-refractivity contribution in [2.75, 3.05) is 11.9 Å². The molecule has 8 heteroatoms. The highest BCUT2D eigenvalue weighted by Crippen LogP contribution is 2.31. The average molecular weight is 360 g/mol. The number of nitrogens with zero attached hydrogens (tertiary/aromatic N) is 7. The highest BCUT2D eigenvalue weighted by molar-refractivity contribution is 5.54. The van der Waals surface area contributed by atoms with Crippen LogP contribution in [0.1, 0.15) is 36.0 Å². The van der Waals surface area contributed by atoms with Crippen LogP contribution in [0.25, 0.3) is 0 Å². The first kappa shape index (κ1) is 17.1. The first-order valence-corrected chi connectivity index (χ1v) is 8.89. The fourth-order valence-electron chi connectivity index (χ4n) is 3.36. The molecule has 1 atom stereocenters. The van der Waals surface area contributed by atoms with Gasteiger partial charge in [-0.05, 0) is 37.6 Å². The Morgan fingerprint density at radius 3 is 2.78 bits per heavy atom. The normalized spacial score (nSPS) is 17.0. The standard InChI is InChI=1S/C19H20N8/c1-26-8-6-16(25-26)13-27-7-2-3-18(27)17-11-23-19(12-22-17)24-15-5-4-14(9-20)21-10-15/h4-6,8,10-12,18H,2-3,7,13H2,1H3,(H,23,24)/t18-/m0/s1. The van der Waals surface area contributed by atoms with Crippen LogP contribution in [-0.4, -0.2) is 36.2 Å². The molecule has 1 fully saturated rings. The lowest BCUT2D eigenvalue weighted by Gasteiger charge is -2.22. The van der Waals surface area contributed by atoms with Gasteiger partial charge in [-0.25, -0.2) is 9.97 Å². The Bertz CT molecular complexity index is 939. The van der Waals surface area contributed by atoms with Gasteiger partial charge in [-0.15, -0.1) is 0 Å². The Balaban J connectivity index is 1.43. The van der Waals surface area contributed by atoms with Gasteiger partial charge in [0, 0.05) is 19.8 Å². The summed E-state index contributed by atoms with van der Waals surface area (Å²) in [5, 5.41) is 16.4. The van der Waals surface area contributed by atoms with E-state index in [4.69, 9.17) is 5.26 Å². The van der Waals surface area contributed by atoms with Gasteiger partial charge >= 0.3 is 0 Å². The van der Waals surface area contributed by atoms with Crippen molar-refractivity contribution in [2.45, 2.75) is 25.4 Å². The molecule has 0 radical (unpaired) electrons. The molecule has 1 saturated heterocycles. The molecule has 3 aromatic heterocycles. The van der Waals surface area contributed by atoms with Crippen LogP contribution in [0, 0.1) is 11.3 Å². The third-order valence-corrected chi connectivity index (χ3v) is 4.66. The van der Waals surface area contributed by atoms with Crippen LogP contribution < -0.4 is 5.32 Å². The van der Waals surface area contributed by atoms with E-state index in [1.54, 1.807) is 24.5 Å². The maximum atomic E-state index is 8.80. The Morgan fingerprint density at radius 2 is 2.11 bits per heavy atom. The van der Waals surface area contributed by atoms with Crippen LogP contribution in [0.2, 0.25) is 0 Å². The van der Waals surface area contributed by atoms with Crippen molar-refractivity contribution in [1.82, 2.24) is 29.6 Å². The maximum Gasteiger partial charge on any atom is 0.148 e. The first-order valence-electron chi connectivity index (χ1n) is 8.89. The third-order valence-electron chi connectivity index (χ3n) is 4.66. The lowest BCUT2D eigenvalue weighted by Crippen LogP contribution is -2.24. The Labute approximate surface area is 157 Å². The highest BCUT2D eigenvalue weighted by Gasteiger charge is 2.27. The maximum absolute atomic E-state index is 8.80. The summed E-state index contributed by atoms with van der Waals surface area (Å²) < 4.78 is 1.83. The summed E-state index contributed by atoms with van der Waals surface area (Å²) in [6, 6.07) is 7.79. The van der Waals surface area contributed by atoms with E-state index >= 15 is 0 Å². The zero-order valence-corrected chi connectivity index (χ0v) is 15.1. The van der Waals surface area contributed by atoms with Crippen LogP contribution in [0.4, 0.5) is 11.5 Å². The van der Waals surface area contributed by atoms with Gasteiger partial charge in [0.2, 0.25) is 0 Å². The number of aryl methyl sites for hydroxylation is 1. The lowest BCUT2D eigenvalue weighted by atomic mass is 10.1. The van der Waals surface area contributed by atoms with Crippen LogP contribution in [0.15, 0.2) is 43.0 Å². The summed E-state index contributed by atoms with van der Waals surface area (Å²) >= 11 is 0. The Kier molecular flexibility index (Phi) is 4.77. The van der Waals surface area contributed by atoms with Gasteiger partial charge in [-0.2, -0.15) is 10.4 Å². The van der Waals surface area contributed by atoms with Gasteiger partial charge < -0.3 is 5.32 Å². The summed E-state index contributed by atoms with van der Waals surface area (Å²) in [5.74, 6) is 0.652. The minimum absolute atomic E-state index is 0.269. The van der Waals surface area contributed by atoms with E-state index in [9.17, 15) is 0 Å². The number of aromatic nitrogens is 5. The predicted molar refractivity (Wildman–Crippen MR) is 99.9 cm³/mol. The smallest absolute Gasteiger partial charge is 0.148 e. The second-order valence-corrected chi connectivity index (χ2v) is 6.60. The molecule has 136 valence electrons. The van der Waals surface area contributed by atoms with Gasteiger partial charge in [0.25, 0.3) is 0 Å². The number of pyridine rings is 1. The van der Waals surface area contributed by atoms with Crippen molar-refractivity contribution < 1.29 is 0 Å². The number of hydrogen-bond donors (Lipinski definition) is 1. The largest absolute Gasteiger partial charge is 0.338 e. The minimum atomic E-state index is 0.269. The molecular weight excluding hydrogens is 340 g/mol. The van der Waals surface area contributed by atoms with E-state index in [2.05, 4.69) is 36.3 Å². The number of nitriles is 1. The van der Waals surface area contributed by atoms with E-state index in [1.807, 2.05) is 30.2 Å². The summed E-state index contributed by atoms with van der Waals surface area (Å²) in [6.45, 7) is 1.87. The number of rotatable bonds is 5. The molecule has 0 unspecified atom stereocenters. The molecule has 1 N–H and O–H groups in total. The summed E-state index contributed by atoms with van der Waals surface area (Å²) in [6.07, 6.45) is 9.38. The van der Waals surface area contributed by atoms with Crippen LogP contribution in [-0.2, 0) is 13.6 Å². The number of nitrogens with one attached hydrogen (secondary N) is 1. The van der Waals surface area contributed by atoms with Gasteiger partial charge in [0.15, 0.2) is 0 Å². The molecule has 0 spiro atoms. The van der Waals surface area contributed by atoms with Crippen LogP contribution in [0.3, 0.4) is 0 Å². The van der Waals surface area contributed by atoms with Crippen molar-refractivity contribution in [3.63, 3.8) is 0 Å². The molecular formula is C19H20N8. The van der Waals surface area contributed by atoms with Crippen molar-refractivity contribution in [3.8, 4) is 6.07 Å². The molecule has 27 heavy (non-hydrogen) atoms. The quantitative estimate of drug-likeness (QED) is 0.747. The average Bonchev–Trinajstić information content (AvgIpc) is 3.32. The lowest BCUT2D eigenvalue weighted by molar-refractivity contribution is 0.240. The van der Waals surface area contributed by atoms with Gasteiger partial charge in [-0.3, -0.25) is 14.6 Å². The second-order valence-electron chi connectivity index (χ2n) is 6.60. The van der Waals surface area contributed by atoms with Crippen molar-refractivity contribution in [3.05, 3.63) is 60.1 Å². The van der Waals surface area contributed by atoms with E-state index in [-0.39, 0.29) is 6.04 Å². The SMILES string of the molecule is Cn1ccc(CN2CCC[C@H]2c2cnc(Nc3ccc(C#N)nc3)cn2)n1. The van der Waals surface area contributed by atoms with Crippen LogP contribution in [0.5, 0.6) is 0 Å². The molecule has 4 rings (SSSR count). The molecule has 8 nitrogen and oxygen atoms in total. The number of anilines is 2. The van der Waals surface area contributed by atoms with Gasteiger partial charge in [-0.1, -0.05) is 0 Å². The van der Waals surface area contributed by atoms with Crippen molar-refractivity contribution >= 4 is 11.5 Å². The Hall–Kier alpha value is -3.31. The summed E-state index contributed by atoms with van der Waals surface area (Å²) in [4.78, 5) is 15.6. The molecule has 1 aliphatic heterocycles. The molecule has 1 aliphatic rings.